The number of aromatic amines is 1. The monoisotopic (exact) mass is 343 g/mol. The van der Waals surface area contributed by atoms with Gasteiger partial charge in [-0.15, -0.1) is 11.3 Å². The summed E-state index contributed by atoms with van der Waals surface area (Å²) in [5.74, 6) is 0.692. The van der Waals surface area contributed by atoms with Crippen LogP contribution in [0.25, 0.3) is 12.2 Å². The van der Waals surface area contributed by atoms with Crippen LogP contribution in [-0.4, -0.2) is 17.4 Å². The van der Waals surface area contributed by atoms with Crippen LogP contribution in [0.2, 0.25) is 0 Å². The van der Waals surface area contributed by atoms with E-state index in [-0.39, 0.29) is 11.3 Å². The number of H-pyrrole nitrogens is 1. The number of ketones is 1. The Labute approximate surface area is 144 Å². The summed E-state index contributed by atoms with van der Waals surface area (Å²) in [6.07, 6.45) is 4.95. The highest BCUT2D eigenvalue weighted by atomic mass is 32.1. The van der Waals surface area contributed by atoms with Crippen molar-refractivity contribution in [3.63, 3.8) is 0 Å². The second-order valence-electron chi connectivity index (χ2n) is 6.36. The molecule has 0 spiro atoms. The lowest BCUT2D eigenvalue weighted by Gasteiger charge is -2.12. The highest BCUT2D eigenvalue weighted by Gasteiger charge is 2.18. The predicted molar refractivity (Wildman–Crippen MR) is 98.8 cm³/mol. The summed E-state index contributed by atoms with van der Waals surface area (Å²) in [6.45, 7) is 9.58. The maximum atomic E-state index is 12.1. The maximum absolute atomic E-state index is 12.1. The first-order valence-corrected chi connectivity index (χ1v) is 8.42. The SMILES string of the molecule is C=CCOc1cccc(C=c2sc(=CC(=O)C(C)(C)C)[nH]c2=O)c1. The summed E-state index contributed by atoms with van der Waals surface area (Å²) in [6, 6.07) is 7.46. The van der Waals surface area contributed by atoms with Crippen molar-refractivity contribution in [1.82, 2.24) is 4.98 Å². The first-order valence-electron chi connectivity index (χ1n) is 7.60. The largest absolute Gasteiger partial charge is 0.490 e. The summed E-state index contributed by atoms with van der Waals surface area (Å²) in [7, 11) is 0. The first-order chi connectivity index (χ1) is 11.3. The number of rotatable bonds is 5. The van der Waals surface area contributed by atoms with Crippen molar-refractivity contribution in [1.29, 1.82) is 0 Å². The lowest BCUT2D eigenvalue weighted by atomic mass is 9.91. The van der Waals surface area contributed by atoms with Gasteiger partial charge < -0.3 is 9.72 Å². The third-order valence-corrected chi connectivity index (χ3v) is 4.17. The van der Waals surface area contributed by atoms with Gasteiger partial charge in [-0.1, -0.05) is 45.6 Å². The molecular formula is C19H21NO3S. The molecule has 126 valence electrons. The standard InChI is InChI=1S/C19H21NO3S/c1-5-9-23-14-8-6-7-13(10-14)11-15-18(22)20-17(24-15)12-16(21)19(2,3)4/h5-8,10-12H,1,9H2,2-4H3,(H,20,22). The molecule has 0 saturated heterocycles. The number of hydrogen-bond acceptors (Lipinski definition) is 4. The van der Waals surface area contributed by atoms with Crippen LogP contribution in [0.5, 0.6) is 5.75 Å². The quantitative estimate of drug-likeness (QED) is 0.847. The molecule has 4 nitrogen and oxygen atoms in total. The Morgan fingerprint density at radius 1 is 1.38 bits per heavy atom. The predicted octanol–water partition coefficient (Wildman–Crippen LogP) is 2.23. The van der Waals surface area contributed by atoms with E-state index in [9.17, 15) is 9.59 Å². The minimum Gasteiger partial charge on any atom is -0.490 e. The Balaban J connectivity index is 2.38. The maximum Gasteiger partial charge on any atom is 0.266 e. The van der Waals surface area contributed by atoms with Crippen LogP contribution in [-0.2, 0) is 4.79 Å². The van der Waals surface area contributed by atoms with Gasteiger partial charge in [0.05, 0.1) is 9.20 Å². The van der Waals surface area contributed by atoms with Gasteiger partial charge >= 0.3 is 0 Å². The van der Waals surface area contributed by atoms with Crippen molar-refractivity contribution in [3.05, 3.63) is 62.0 Å². The summed E-state index contributed by atoms with van der Waals surface area (Å²) in [5.41, 5.74) is 0.185. The van der Waals surface area contributed by atoms with E-state index >= 15 is 0 Å². The van der Waals surface area contributed by atoms with Crippen LogP contribution >= 0.6 is 11.3 Å². The van der Waals surface area contributed by atoms with Gasteiger partial charge in [-0.2, -0.15) is 0 Å². The fourth-order valence-corrected chi connectivity index (χ4v) is 2.75. The summed E-state index contributed by atoms with van der Waals surface area (Å²) in [4.78, 5) is 26.9. The molecule has 1 aromatic heterocycles. The molecule has 0 aliphatic heterocycles. The minimum absolute atomic E-state index is 0.0219. The highest BCUT2D eigenvalue weighted by Crippen LogP contribution is 2.15. The van der Waals surface area contributed by atoms with E-state index in [2.05, 4.69) is 11.6 Å². The molecule has 0 aliphatic carbocycles. The van der Waals surface area contributed by atoms with Crippen molar-refractivity contribution in [2.24, 2.45) is 5.41 Å². The van der Waals surface area contributed by atoms with Crippen LogP contribution in [0.4, 0.5) is 0 Å². The number of thiazole rings is 1. The third kappa shape index (κ3) is 4.80. The topological polar surface area (TPSA) is 59.2 Å². The van der Waals surface area contributed by atoms with Gasteiger partial charge in [0.2, 0.25) is 0 Å². The van der Waals surface area contributed by atoms with E-state index in [0.717, 1.165) is 5.56 Å². The molecule has 24 heavy (non-hydrogen) atoms. The number of aromatic nitrogens is 1. The van der Waals surface area contributed by atoms with Crippen LogP contribution < -0.4 is 19.5 Å². The van der Waals surface area contributed by atoms with Gasteiger partial charge in [0.15, 0.2) is 5.78 Å². The molecule has 0 bridgehead atoms. The number of Topliss-reactive ketones (excluding diaryl/α,β-unsaturated/α-hetero) is 1. The van der Waals surface area contributed by atoms with Crippen molar-refractivity contribution < 1.29 is 9.53 Å². The van der Waals surface area contributed by atoms with Gasteiger partial charge in [0.1, 0.15) is 12.4 Å². The van der Waals surface area contributed by atoms with Gasteiger partial charge in [0.25, 0.3) is 5.56 Å². The summed E-state index contributed by atoms with van der Waals surface area (Å²) in [5, 5.41) is 0. The molecule has 0 aliphatic rings. The first kappa shape index (κ1) is 17.9. The molecule has 1 heterocycles. The van der Waals surface area contributed by atoms with Crippen LogP contribution in [0, 0.1) is 5.41 Å². The molecule has 0 saturated carbocycles. The van der Waals surface area contributed by atoms with Gasteiger partial charge in [-0.05, 0) is 23.8 Å². The number of carbonyl (C=O) groups is 1. The molecule has 0 fully saturated rings. The summed E-state index contributed by atoms with van der Waals surface area (Å²) < 4.78 is 6.59. The zero-order chi connectivity index (χ0) is 17.7. The molecule has 1 aromatic carbocycles. The van der Waals surface area contributed by atoms with Gasteiger partial charge in [-0.25, -0.2) is 0 Å². The van der Waals surface area contributed by atoms with E-state index in [1.807, 2.05) is 45.0 Å². The van der Waals surface area contributed by atoms with E-state index < -0.39 is 5.41 Å². The Morgan fingerprint density at radius 3 is 2.79 bits per heavy atom. The second kappa shape index (κ2) is 7.45. The molecule has 0 radical (unpaired) electrons. The number of benzene rings is 1. The fraction of sp³-hybridized carbons (Fsp3) is 0.263. The van der Waals surface area contributed by atoms with Crippen LogP contribution in [0.3, 0.4) is 0 Å². The Morgan fingerprint density at radius 2 is 2.12 bits per heavy atom. The van der Waals surface area contributed by atoms with E-state index in [0.29, 0.717) is 21.6 Å². The van der Waals surface area contributed by atoms with E-state index in [1.165, 1.54) is 17.4 Å². The number of nitrogens with one attached hydrogen (secondary N) is 1. The molecule has 0 amide bonds. The zero-order valence-electron chi connectivity index (χ0n) is 14.1. The number of ether oxygens (including phenoxy) is 1. The summed E-state index contributed by atoms with van der Waals surface area (Å²) >= 11 is 1.27. The third-order valence-electron chi connectivity index (χ3n) is 3.21. The van der Waals surface area contributed by atoms with Crippen molar-refractivity contribution in [2.45, 2.75) is 20.8 Å². The normalized spacial score (nSPS) is 13.1. The van der Waals surface area contributed by atoms with Crippen LogP contribution in [0.15, 0.2) is 41.7 Å². The zero-order valence-corrected chi connectivity index (χ0v) is 14.9. The van der Waals surface area contributed by atoms with Crippen molar-refractivity contribution in [3.8, 4) is 5.75 Å². The molecule has 1 N–H and O–H groups in total. The fourth-order valence-electron chi connectivity index (χ4n) is 1.86. The number of hydrogen-bond donors (Lipinski definition) is 1. The Bertz CT molecular complexity index is 913. The Hall–Kier alpha value is -2.40. The van der Waals surface area contributed by atoms with Gasteiger partial charge in [-0.3, -0.25) is 9.59 Å². The molecular weight excluding hydrogens is 322 g/mol. The Kier molecular flexibility index (Phi) is 5.57. The molecule has 2 rings (SSSR count). The molecule has 2 aromatic rings. The number of carbonyl (C=O) groups excluding carboxylic acids is 1. The van der Waals surface area contributed by atoms with Crippen molar-refractivity contribution in [2.75, 3.05) is 6.61 Å². The minimum atomic E-state index is -0.471. The van der Waals surface area contributed by atoms with Gasteiger partial charge in [0, 0.05) is 11.5 Å². The van der Waals surface area contributed by atoms with Crippen molar-refractivity contribution >= 4 is 29.3 Å². The van der Waals surface area contributed by atoms with E-state index in [1.54, 1.807) is 12.2 Å². The molecule has 0 atom stereocenters. The highest BCUT2D eigenvalue weighted by molar-refractivity contribution is 7.07. The molecule has 5 heteroatoms. The average molecular weight is 343 g/mol. The molecule has 0 unspecified atom stereocenters. The lowest BCUT2D eigenvalue weighted by molar-refractivity contribution is -0.119. The average Bonchev–Trinajstić information content (AvgIpc) is 2.84. The second-order valence-corrected chi connectivity index (χ2v) is 7.44. The smallest absolute Gasteiger partial charge is 0.266 e. The lowest BCUT2D eigenvalue weighted by Crippen LogP contribution is -2.22. The van der Waals surface area contributed by atoms with E-state index in [4.69, 9.17) is 4.74 Å². The van der Waals surface area contributed by atoms with Crippen LogP contribution in [0.1, 0.15) is 26.3 Å².